The molecule has 1 unspecified atom stereocenters. The topological polar surface area (TPSA) is 49.8 Å². The third-order valence-electron chi connectivity index (χ3n) is 2.12. The Morgan fingerprint density at radius 1 is 1.42 bits per heavy atom. The molecule has 1 atom stereocenters. The molecule has 2 N–H and O–H groups in total. The second-order valence-corrected chi connectivity index (χ2v) is 2.90. The summed E-state index contributed by atoms with van der Waals surface area (Å²) in [5, 5.41) is 8.63. The SMILES string of the molecule is Cc1cccc(C(N)C#N)c1C. The fourth-order valence-electron chi connectivity index (χ4n) is 1.18. The van der Waals surface area contributed by atoms with Crippen molar-refractivity contribution in [1.82, 2.24) is 0 Å². The van der Waals surface area contributed by atoms with E-state index < -0.39 is 6.04 Å². The van der Waals surface area contributed by atoms with Gasteiger partial charge in [0, 0.05) is 0 Å². The van der Waals surface area contributed by atoms with Crippen LogP contribution in [0.2, 0.25) is 0 Å². The molecule has 0 bridgehead atoms. The lowest BCUT2D eigenvalue weighted by Gasteiger charge is -2.09. The van der Waals surface area contributed by atoms with Crippen LogP contribution in [0, 0.1) is 25.2 Å². The number of hydrogen-bond acceptors (Lipinski definition) is 2. The van der Waals surface area contributed by atoms with E-state index in [1.165, 1.54) is 5.56 Å². The minimum absolute atomic E-state index is 0.495. The summed E-state index contributed by atoms with van der Waals surface area (Å²) in [6, 6.07) is 7.37. The molecule has 0 amide bonds. The first-order valence-electron chi connectivity index (χ1n) is 3.88. The largest absolute Gasteiger partial charge is 0.312 e. The molecule has 0 saturated carbocycles. The van der Waals surface area contributed by atoms with Crippen molar-refractivity contribution in [3.05, 3.63) is 34.9 Å². The van der Waals surface area contributed by atoms with Gasteiger partial charge in [0.1, 0.15) is 6.04 Å². The minimum atomic E-state index is -0.495. The van der Waals surface area contributed by atoms with E-state index in [0.29, 0.717) is 0 Å². The number of rotatable bonds is 1. The smallest absolute Gasteiger partial charge is 0.119 e. The second-order valence-electron chi connectivity index (χ2n) is 2.90. The van der Waals surface area contributed by atoms with Gasteiger partial charge in [-0.2, -0.15) is 5.26 Å². The Morgan fingerprint density at radius 2 is 2.08 bits per heavy atom. The van der Waals surface area contributed by atoms with Crippen molar-refractivity contribution in [2.24, 2.45) is 5.73 Å². The molecular formula is C10H12N2. The Kier molecular flexibility index (Phi) is 2.47. The average molecular weight is 160 g/mol. The lowest BCUT2D eigenvalue weighted by molar-refractivity contribution is 0.910. The summed E-state index contributed by atoms with van der Waals surface area (Å²) in [6.45, 7) is 4.00. The minimum Gasteiger partial charge on any atom is -0.312 e. The highest BCUT2D eigenvalue weighted by Crippen LogP contribution is 2.17. The van der Waals surface area contributed by atoms with Crippen LogP contribution < -0.4 is 5.73 Å². The molecular weight excluding hydrogens is 148 g/mol. The highest BCUT2D eigenvalue weighted by atomic mass is 14.6. The van der Waals surface area contributed by atoms with E-state index in [0.717, 1.165) is 11.1 Å². The van der Waals surface area contributed by atoms with Crippen molar-refractivity contribution < 1.29 is 0 Å². The van der Waals surface area contributed by atoms with Crippen LogP contribution in [0.25, 0.3) is 0 Å². The van der Waals surface area contributed by atoms with Crippen LogP contribution in [-0.2, 0) is 0 Å². The molecule has 0 spiro atoms. The van der Waals surface area contributed by atoms with E-state index in [1.807, 2.05) is 38.1 Å². The Balaban J connectivity index is 3.18. The lowest BCUT2D eigenvalue weighted by Crippen LogP contribution is -2.09. The maximum Gasteiger partial charge on any atom is 0.119 e. The highest BCUT2D eigenvalue weighted by molar-refractivity contribution is 5.37. The Bertz CT molecular complexity index is 323. The van der Waals surface area contributed by atoms with Crippen molar-refractivity contribution in [2.75, 3.05) is 0 Å². The molecule has 0 aliphatic carbocycles. The van der Waals surface area contributed by atoms with Gasteiger partial charge in [-0.3, -0.25) is 0 Å². The maximum atomic E-state index is 8.63. The third-order valence-corrected chi connectivity index (χ3v) is 2.12. The van der Waals surface area contributed by atoms with Crippen LogP contribution in [-0.4, -0.2) is 0 Å². The predicted octanol–water partition coefficient (Wildman–Crippen LogP) is 1.83. The first-order valence-corrected chi connectivity index (χ1v) is 3.88. The summed E-state index contributed by atoms with van der Waals surface area (Å²) >= 11 is 0. The summed E-state index contributed by atoms with van der Waals surface area (Å²) in [7, 11) is 0. The molecule has 1 aromatic rings. The van der Waals surface area contributed by atoms with Crippen LogP contribution in [0.3, 0.4) is 0 Å². The van der Waals surface area contributed by atoms with Gasteiger partial charge in [-0.05, 0) is 30.5 Å². The number of benzene rings is 1. The predicted molar refractivity (Wildman–Crippen MR) is 48.5 cm³/mol. The van der Waals surface area contributed by atoms with Crippen LogP contribution in [0.1, 0.15) is 22.7 Å². The molecule has 0 aromatic heterocycles. The third kappa shape index (κ3) is 1.46. The summed E-state index contributed by atoms with van der Waals surface area (Å²) in [5.74, 6) is 0. The molecule has 62 valence electrons. The van der Waals surface area contributed by atoms with Gasteiger partial charge in [0.25, 0.3) is 0 Å². The molecule has 0 saturated heterocycles. The zero-order valence-electron chi connectivity index (χ0n) is 7.33. The summed E-state index contributed by atoms with van der Waals surface area (Å²) < 4.78 is 0. The molecule has 0 aliphatic rings. The Morgan fingerprint density at radius 3 is 2.67 bits per heavy atom. The van der Waals surface area contributed by atoms with Gasteiger partial charge in [0.15, 0.2) is 0 Å². The first-order chi connectivity index (χ1) is 5.66. The zero-order chi connectivity index (χ0) is 9.14. The molecule has 2 heteroatoms. The van der Waals surface area contributed by atoms with E-state index in [9.17, 15) is 0 Å². The summed E-state index contributed by atoms with van der Waals surface area (Å²) in [5.41, 5.74) is 8.83. The summed E-state index contributed by atoms with van der Waals surface area (Å²) in [6.07, 6.45) is 0. The standard InChI is InChI=1S/C10H12N2/c1-7-4-3-5-9(8(7)2)10(12)6-11/h3-5,10H,12H2,1-2H3. The van der Waals surface area contributed by atoms with E-state index >= 15 is 0 Å². The van der Waals surface area contributed by atoms with Gasteiger partial charge in [0.2, 0.25) is 0 Å². The van der Waals surface area contributed by atoms with Gasteiger partial charge < -0.3 is 5.73 Å². The van der Waals surface area contributed by atoms with Crippen LogP contribution in [0.4, 0.5) is 0 Å². The molecule has 0 heterocycles. The van der Waals surface area contributed by atoms with E-state index in [-0.39, 0.29) is 0 Å². The molecule has 12 heavy (non-hydrogen) atoms. The number of hydrogen-bond donors (Lipinski definition) is 1. The van der Waals surface area contributed by atoms with Gasteiger partial charge in [-0.1, -0.05) is 18.2 Å². The van der Waals surface area contributed by atoms with Gasteiger partial charge in [-0.15, -0.1) is 0 Å². The van der Waals surface area contributed by atoms with Crippen LogP contribution in [0.15, 0.2) is 18.2 Å². The quantitative estimate of drug-likeness (QED) is 0.681. The highest BCUT2D eigenvalue weighted by Gasteiger charge is 2.07. The monoisotopic (exact) mass is 160 g/mol. The van der Waals surface area contributed by atoms with Crippen molar-refractivity contribution in [3.8, 4) is 6.07 Å². The van der Waals surface area contributed by atoms with E-state index in [2.05, 4.69) is 0 Å². The number of aryl methyl sites for hydroxylation is 1. The van der Waals surface area contributed by atoms with Gasteiger partial charge in [0.05, 0.1) is 6.07 Å². The zero-order valence-corrected chi connectivity index (χ0v) is 7.33. The van der Waals surface area contributed by atoms with Crippen molar-refractivity contribution in [2.45, 2.75) is 19.9 Å². The Hall–Kier alpha value is -1.33. The van der Waals surface area contributed by atoms with Crippen molar-refractivity contribution in [3.63, 3.8) is 0 Å². The van der Waals surface area contributed by atoms with Gasteiger partial charge >= 0.3 is 0 Å². The fourth-order valence-corrected chi connectivity index (χ4v) is 1.18. The molecule has 1 aromatic carbocycles. The molecule has 0 fully saturated rings. The van der Waals surface area contributed by atoms with E-state index in [4.69, 9.17) is 11.0 Å². The van der Waals surface area contributed by atoms with Crippen molar-refractivity contribution in [1.29, 1.82) is 5.26 Å². The number of nitrogens with two attached hydrogens (primary N) is 1. The normalized spacial score (nSPS) is 12.2. The molecule has 2 nitrogen and oxygen atoms in total. The molecule has 1 rings (SSSR count). The number of nitrogens with zero attached hydrogens (tertiary/aromatic N) is 1. The second kappa shape index (κ2) is 3.38. The number of nitriles is 1. The lowest BCUT2D eigenvalue weighted by atomic mass is 9.99. The summed E-state index contributed by atoms with van der Waals surface area (Å²) in [4.78, 5) is 0. The average Bonchev–Trinajstić information content (AvgIpc) is 2.08. The molecule has 0 aliphatic heterocycles. The molecule has 0 radical (unpaired) electrons. The maximum absolute atomic E-state index is 8.63. The fraction of sp³-hybridized carbons (Fsp3) is 0.300. The van der Waals surface area contributed by atoms with Gasteiger partial charge in [-0.25, -0.2) is 0 Å². The van der Waals surface area contributed by atoms with E-state index in [1.54, 1.807) is 0 Å². The Labute approximate surface area is 72.6 Å². The van der Waals surface area contributed by atoms with Crippen LogP contribution in [0.5, 0.6) is 0 Å². The van der Waals surface area contributed by atoms with Crippen molar-refractivity contribution >= 4 is 0 Å². The van der Waals surface area contributed by atoms with Crippen LogP contribution >= 0.6 is 0 Å². The first kappa shape index (κ1) is 8.76.